The number of benzene rings is 2. The van der Waals surface area contributed by atoms with Crippen LogP contribution in [0.25, 0.3) is 0 Å². The summed E-state index contributed by atoms with van der Waals surface area (Å²) in [6, 6.07) is 11.7. The van der Waals surface area contributed by atoms with Gasteiger partial charge in [-0.25, -0.2) is 8.78 Å². The average Bonchev–Trinajstić information content (AvgIpc) is 2.46. The third kappa shape index (κ3) is 4.11. The molecule has 2 aromatic rings. The number of aryl methyl sites for hydroxylation is 1. The maximum Gasteiger partial charge on any atom is 0.126 e. The largest absolute Gasteiger partial charge is 0.316 e. The van der Waals surface area contributed by atoms with Crippen molar-refractivity contribution in [2.45, 2.75) is 26.2 Å². The van der Waals surface area contributed by atoms with Crippen LogP contribution in [0.2, 0.25) is 0 Å². The van der Waals surface area contributed by atoms with Crippen molar-refractivity contribution in [3.05, 3.63) is 70.8 Å². The Labute approximate surface area is 125 Å². The molecule has 1 nitrogen and oxygen atoms in total. The summed E-state index contributed by atoms with van der Waals surface area (Å²) >= 11 is 0. The molecule has 1 N–H and O–H groups in total. The monoisotopic (exact) mass is 289 g/mol. The zero-order valence-electron chi connectivity index (χ0n) is 12.5. The summed E-state index contributed by atoms with van der Waals surface area (Å²) in [5.41, 5.74) is 2.68. The second-order valence-electron chi connectivity index (χ2n) is 5.30. The average molecular weight is 289 g/mol. The van der Waals surface area contributed by atoms with E-state index in [1.165, 1.54) is 18.2 Å². The Bertz CT molecular complexity index is 596. The summed E-state index contributed by atoms with van der Waals surface area (Å²) in [5.74, 6) is -0.374. The normalized spacial score (nSPS) is 12.4. The van der Waals surface area contributed by atoms with E-state index in [1.807, 2.05) is 26.0 Å². The molecule has 21 heavy (non-hydrogen) atoms. The van der Waals surface area contributed by atoms with Crippen LogP contribution in [0.3, 0.4) is 0 Å². The molecule has 0 heterocycles. The minimum atomic E-state index is -0.231. The van der Waals surface area contributed by atoms with Crippen molar-refractivity contribution in [1.29, 1.82) is 0 Å². The molecule has 0 radical (unpaired) electrons. The molecule has 0 amide bonds. The molecule has 0 aromatic heterocycles. The van der Waals surface area contributed by atoms with E-state index in [4.69, 9.17) is 0 Å². The van der Waals surface area contributed by atoms with E-state index in [0.717, 1.165) is 17.7 Å². The van der Waals surface area contributed by atoms with Crippen molar-refractivity contribution in [3.8, 4) is 0 Å². The summed E-state index contributed by atoms with van der Waals surface area (Å²) in [4.78, 5) is 0. The third-order valence-corrected chi connectivity index (χ3v) is 3.76. The van der Waals surface area contributed by atoms with E-state index in [1.54, 1.807) is 12.1 Å². The minimum Gasteiger partial charge on any atom is -0.316 e. The first-order chi connectivity index (χ1) is 10.1. The van der Waals surface area contributed by atoms with E-state index >= 15 is 0 Å². The van der Waals surface area contributed by atoms with Gasteiger partial charge in [-0.1, -0.05) is 31.2 Å². The van der Waals surface area contributed by atoms with Crippen molar-refractivity contribution >= 4 is 0 Å². The molecule has 0 aliphatic heterocycles. The van der Waals surface area contributed by atoms with Gasteiger partial charge in [-0.15, -0.1) is 0 Å². The van der Waals surface area contributed by atoms with E-state index < -0.39 is 0 Å². The minimum absolute atomic E-state index is 0.0373. The first-order valence-corrected chi connectivity index (χ1v) is 7.32. The van der Waals surface area contributed by atoms with Gasteiger partial charge in [0.05, 0.1) is 0 Å². The van der Waals surface area contributed by atoms with Crippen LogP contribution in [0, 0.1) is 18.6 Å². The predicted octanol–water partition coefficient (Wildman–Crippen LogP) is 4.21. The third-order valence-electron chi connectivity index (χ3n) is 3.76. The second kappa shape index (κ2) is 7.32. The summed E-state index contributed by atoms with van der Waals surface area (Å²) in [5, 5.41) is 3.28. The second-order valence-corrected chi connectivity index (χ2v) is 5.30. The molecule has 0 aliphatic carbocycles. The first-order valence-electron chi connectivity index (χ1n) is 7.32. The lowest BCUT2D eigenvalue weighted by molar-refractivity contribution is 0.543. The lowest BCUT2D eigenvalue weighted by Crippen LogP contribution is -2.23. The van der Waals surface area contributed by atoms with Crippen LogP contribution in [0.1, 0.15) is 29.5 Å². The molecule has 0 saturated heterocycles. The van der Waals surface area contributed by atoms with Gasteiger partial charge in [0, 0.05) is 12.5 Å². The van der Waals surface area contributed by atoms with Gasteiger partial charge in [0.25, 0.3) is 0 Å². The highest BCUT2D eigenvalue weighted by molar-refractivity contribution is 5.31. The van der Waals surface area contributed by atoms with E-state index in [-0.39, 0.29) is 17.6 Å². The number of hydrogen-bond acceptors (Lipinski definition) is 1. The number of rotatable bonds is 6. The van der Waals surface area contributed by atoms with Gasteiger partial charge in [-0.3, -0.25) is 0 Å². The summed E-state index contributed by atoms with van der Waals surface area (Å²) in [6.45, 7) is 5.47. The zero-order chi connectivity index (χ0) is 15.2. The van der Waals surface area contributed by atoms with Crippen molar-refractivity contribution in [1.82, 2.24) is 5.32 Å². The molecule has 0 fully saturated rings. The van der Waals surface area contributed by atoms with E-state index in [9.17, 15) is 8.78 Å². The molecule has 0 saturated carbocycles. The first kappa shape index (κ1) is 15.6. The van der Waals surface area contributed by atoms with Gasteiger partial charge < -0.3 is 5.32 Å². The van der Waals surface area contributed by atoms with Crippen LogP contribution in [-0.4, -0.2) is 13.1 Å². The Morgan fingerprint density at radius 1 is 1.10 bits per heavy atom. The van der Waals surface area contributed by atoms with Crippen LogP contribution < -0.4 is 5.32 Å². The maximum absolute atomic E-state index is 14.0. The number of nitrogens with one attached hydrogen (secondary N) is 1. The molecule has 1 atom stereocenters. The quantitative estimate of drug-likeness (QED) is 0.840. The molecular formula is C18H21F2N. The van der Waals surface area contributed by atoms with E-state index in [0.29, 0.717) is 18.5 Å². The van der Waals surface area contributed by atoms with Crippen molar-refractivity contribution in [2.24, 2.45) is 0 Å². The van der Waals surface area contributed by atoms with Crippen molar-refractivity contribution in [3.63, 3.8) is 0 Å². The lowest BCUT2D eigenvalue weighted by Gasteiger charge is -2.19. The topological polar surface area (TPSA) is 12.0 Å². The maximum atomic E-state index is 14.0. The SMILES string of the molecule is CCNCC(Cc1ccc(F)cc1C)c1ccccc1F. The molecule has 112 valence electrons. The van der Waals surface area contributed by atoms with Crippen LogP contribution in [0.4, 0.5) is 8.78 Å². The highest BCUT2D eigenvalue weighted by Crippen LogP contribution is 2.24. The number of hydrogen-bond donors (Lipinski definition) is 1. The fraction of sp³-hybridized carbons (Fsp3) is 0.333. The molecule has 0 aliphatic rings. The predicted molar refractivity (Wildman–Crippen MR) is 82.5 cm³/mol. The fourth-order valence-corrected chi connectivity index (χ4v) is 2.57. The molecule has 1 unspecified atom stereocenters. The van der Waals surface area contributed by atoms with Gasteiger partial charge in [0.15, 0.2) is 0 Å². The van der Waals surface area contributed by atoms with Gasteiger partial charge in [-0.05, 0) is 54.8 Å². The Kier molecular flexibility index (Phi) is 5.45. The Morgan fingerprint density at radius 3 is 2.52 bits per heavy atom. The molecular weight excluding hydrogens is 268 g/mol. The molecule has 0 bridgehead atoms. The molecule has 2 rings (SSSR count). The molecule has 3 heteroatoms. The molecule has 2 aromatic carbocycles. The highest BCUT2D eigenvalue weighted by atomic mass is 19.1. The van der Waals surface area contributed by atoms with Crippen LogP contribution in [0.15, 0.2) is 42.5 Å². The Morgan fingerprint density at radius 2 is 1.86 bits per heavy atom. The van der Waals surface area contributed by atoms with Crippen molar-refractivity contribution < 1.29 is 8.78 Å². The Balaban J connectivity index is 2.26. The van der Waals surface area contributed by atoms with Gasteiger partial charge in [0.2, 0.25) is 0 Å². The summed E-state index contributed by atoms with van der Waals surface area (Å²) < 4.78 is 27.2. The summed E-state index contributed by atoms with van der Waals surface area (Å²) in [6.07, 6.45) is 0.694. The van der Waals surface area contributed by atoms with Crippen molar-refractivity contribution in [2.75, 3.05) is 13.1 Å². The Hall–Kier alpha value is -1.74. The smallest absolute Gasteiger partial charge is 0.126 e. The fourth-order valence-electron chi connectivity index (χ4n) is 2.57. The zero-order valence-corrected chi connectivity index (χ0v) is 12.5. The number of halogens is 2. The van der Waals surface area contributed by atoms with Gasteiger partial charge >= 0.3 is 0 Å². The highest BCUT2D eigenvalue weighted by Gasteiger charge is 2.16. The lowest BCUT2D eigenvalue weighted by atomic mass is 9.89. The van der Waals surface area contributed by atoms with E-state index in [2.05, 4.69) is 5.32 Å². The molecule has 0 spiro atoms. The van der Waals surface area contributed by atoms with Gasteiger partial charge in [0.1, 0.15) is 11.6 Å². The van der Waals surface area contributed by atoms with Crippen LogP contribution in [-0.2, 0) is 6.42 Å². The van der Waals surface area contributed by atoms with Gasteiger partial charge in [-0.2, -0.15) is 0 Å². The van der Waals surface area contributed by atoms with Crippen LogP contribution >= 0.6 is 0 Å². The number of likely N-dealkylation sites (N-methyl/N-ethyl adjacent to an activating group) is 1. The standard InChI is InChI=1S/C18H21F2N/c1-3-21-12-15(17-6-4-5-7-18(17)20)11-14-8-9-16(19)10-13(14)2/h4-10,15,21H,3,11-12H2,1-2H3. The van der Waals surface area contributed by atoms with Crippen LogP contribution in [0.5, 0.6) is 0 Å². The summed E-state index contributed by atoms with van der Waals surface area (Å²) in [7, 11) is 0.